The van der Waals surface area contributed by atoms with Gasteiger partial charge in [-0.3, -0.25) is 0 Å². The highest BCUT2D eigenvalue weighted by Gasteiger charge is 2.49. The number of esters is 1. The summed E-state index contributed by atoms with van der Waals surface area (Å²) in [6, 6.07) is 9.72. The zero-order valence-corrected chi connectivity index (χ0v) is 13.0. The minimum Gasteiger partial charge on any atom is -0.464 e. The van der Waals surface area contributed by atoms with Crippen LogP contribution in [0.3, 0.4) is 0 Å². The van der Waals surface area contributed by atoms with Crippen molar-refractivity contribution < 1.29 is 14.6 Å². The van der Waals surface area contributed by atoms with Crippen LogP contribution in [0.4, 0.5) is 0 Å². The highest BCUT2D eigenvalue weighted by Crippen LogP contribution is 2.47. The fourth-order valence-corrected chi connectivity index (χ4v) is 4.92. The molecule has 108 valence electrons. The van der Waals surface area contributed by atoms with Gasteiger partial charge < -0.3 is 9.84 Å². The van der Waals surface area contributed by atoms with Crippen LogP contribution in [0.2, 0.25) is 0 Å². The maximum atomic E-state index is 12.2. The molecule has 1 aromatic rings. The Labute approximate surface area is 127 Å². The van der Waals surface area contributed by atoms with Crippen molar-refractivity contribution in [3.05, 3.63) is 42.0 Å². The van der Waals surface area contributed by atoms with Crippen molar-refractivity contribution in [2.45, 2.75) is 17.1 Å². The van der Waals surface area contributed by atoms with E-state index in [1.54, 1.807) is 13.0 Å². The molecule has 0 amide bonds. The minimum absolute atomic E-state index is 0.330. The molecule has 0 aliphatic carbocycles. The molecule has 2 rings (SSSR count). The molecule has 1 aliphatic rings. The van der Waals surface area contributed by atoms with Gasteiger partial charge in [0.25, 0.3) is 0 Å². The molecule has 0 bridgehead atoms. The summed E-state index contributed by atoms with van der Waals surface area (Å²) in [4.78, 5) is 12.2. The molecule has 3 nitrogen and oxygen atoms in total. The van der Waals surface area contributed by atoms with E-state index >= 15 is 0 Å². The Hall–Kier alpha value is -0.910. The van der Waals surface area contributed by atoms with Gasteiger partial charge in [0.15, 0.2) is 4.08 Å². The van der Waals surface area contributed by atoms with Gasteiger partial charge in [-0.2, -0.15) is 0 Å². The van der Waals surface area contributed by atoms with Crippen molar-refractivity contribution in [1.29, 1.82) is 0 Å². The Morgan fingerprint density at radius 1 is 1.40 bits per heavy atom. The lowest BCUT2D eigenvalue weighted by atomic mass is 10.1. The van der Waals surface area contributed by atoms with E-state index in [-0.39, 0.29) is 5.97 Å². The van der Waals surface area contributed by atoms with E-state index in [9.17, 15) is 9.90 Å². The number of aliphatic hydroxyl groups excluding tert-OH is 1. The molecule has 1 atom stereocenters. The maximum Gasteiger partial charge on any atom is 0.335 e. The van der Waals surface area contributed by atoms with Gasteiger partial charge in [0.05, 0.1) is 6.61 Å². The highest BCUT2D eigenvalue weighted by molar-refractivity contribution is 8.22. The van der Waals surface area contributed by atoms with Gasteiger partial charge >= 0.3 is 5.97 Å². The number of ether oxygens (including phenoxy) is 1. The molecular formula is C15H18O3S2. The minimum atomic E-state index is -0.915. The molecule has 1 heterocycles. The van der Waals surface area contributed by atoms with Crippen LogP contribution in [0.1, 0.15) is 12.5 Å². The summed E-state index contributed by atoms with van der Waals surface area (Å²) in [6.07, 6.45) is 2.65. The summed E-state index contributed by atoms with van der Waals surface area (Å²) < 4.78 is 4.21. The zero-order valence-electron chi connectivity index (χ0n) is 11.3. The second-order valence-corrected chi connectivity index (χ2v) is 7.24. The van der Waals surface area contributed by atoms with Crippen molar-refractivity contribution >= 4 is 35.6 Å². The number of rotatable bonds is 5. The fraction of sp³-hybridized carbons (Fsp3) is 0.400. The van der Waals surface area contributed by atoms with E-state index in [0.717, 1.165) is 17.1 Å². The van der Waals surface area contributed by atoms with E-state index in [2.05, 4.69) is 0 Å². The lowest BCUT2D eigenvalue weighted by molar-refractivity contribution is -0.145. The third-order valence-electron chi connectivity index (χ3n) is 2.94. The van der Waals surface area contributed by atoms with Gasteiger partial charge in [-0.1, -0.05) is 42.5 Å². The third kappa shape index (κ3) is 3.40. The fourth-order valence-electron chi connectivity index (χ4n) is 1.96. The molecule has 0 spiro atoms. The molecule has 1 fully saturated rings. The van der Waals surface area contributed by atoms with Crippen LogP contribution in [-0.2, 0) is 9.53 Å². The number of aliphatic hydroxyl groups is 1. The molecule has 1 N–H and O–H groups in total. The zero-order chi connectivity index (χ0) is 14.4. The summed E-state index contributed by atoms with van der Waals surface area (Å²) in [5.74, 6) is 1.36. The first-order valence-corrected chi connectivity index (χ1v) is 8.52. The largest absolute Gasteiger partial charge is 0.464 e. The van der Waals surface area contributed by atoms with E-state index in [1.807, 2.05) is 36.4 Å². The van der Waals surface area contributed by atoms with E-state index in [1.165, 1.54) is 23.5 Å². The van der Waals surface area contributed by atoms with E-state index in [0.29, 0.717) is 6.61 Å². The number of hydrogen-bond acceptors (Lipinski definition) is 5. The van der Waals surface area contributed by atoms with E-state index < -0.39 is 10.2 Å². The molecule has 20 heavy (non-hydrogen) atoms. The average molecular weight is 310 g/mol. The predicted octanol–water partition coefficient (Wildman–Crippen LogP) is 2.80. The summed E-state index contributed by atoms with van der Waals surface area (Å²) in [5, 5.41) is 10.4. The number of hydrogen-bond donors (Lipinski definition) is 1. The number of thioether (sulfide) groups is 2. The van der Waals surface area contributed by atoms with Crippen molar-refractivity contribution in [1.82, 2.24) is 0 Å². The van der Waals surface area contributed by atoms with Crippen LogP contribution < -0.4 is 0 Å². The van der Waals surface area contributed by atoms with Crippen molar-refractivity contribution in [2.24, 2.45) is 0 Å². The van der Waals surface area contributed by atoms with Gasteiger partial charge in [0, 0.05) is 11.5 Å². The van der Waals surface area contributed by atoms with Gasteiger partial charge in [-0.05, 0) is 12.5 Å². The number of carbonyl (C=O) groups is 1. The molecular weight excluding hydrogens is 292 g/mol. The molecule has 1 aliphatic heterocycles. The SMILES string of the molecule is CCOC(=O)C1([C@H](O)/C=C/c2ccccc2)SCCS1. The molecule has 1 saturated heterocycles. The Kier molecular flexibility index (Phi) is 5.57. The normalized spacial score (nSPS) is 19.1. The standard InChI is InChI=1S/C15H18O3S2/c1-2-18-14(17)15(19-10-11-20-15)13(16)9-8-12-6-4-3-5-7-12/h3-9,13,16H,2,10-11H2,1H3/b9-8+/t13-/m1/s1. The van der Waals surface area contributed by atoms with Gasteiger partial charge in [0.2, 0.25) is 0 Å². The quantitative estimate of drug-likeness (QED) is 0.847. The Morgan fingerprint density at radius 3 is 2.65 bits per heavy atom. The van der Waals surface area contributed by atoms with E-state index in [4.69, 9.17) is 4.74 Å². The van der Waals surface area contributed by atoms with Crippen LogP contribution in [-0.4, -0.2) is 39.4 Å². The van der Waals surface area contributed by atoms with Crippen LogP contribution in [0.5, 0.6) is 0 Å². The summed E-state index contributed by atoms with van der Waals surface area (Å²) in [6.45, 7) is 2.11. The second kappa shape index (κ2) is 7.20. The van der Waals surface area contributed by atoms with Crippen molar-refractivity contribution in [2.75, 3.05) is 18.1 Å². The first-order valence-electron chi connectivity index (χ1n) is 6.55. The molecule has 0 aromatic heterocycles. The second-order valence-electron chi connectivity index (χ2n) is 4.30. The Balaban J connectivity index is 2.13. The summed E-state index contributed by atoms with van der Waals surface area (Å²) in [7, 11) is 0. The topological polar surface area (TPSA) is 46.5 Å². The van der Waals surface area contributed by atoms with Crippen LogP contribution >= 0.6 is 23.5 Å². The maximum absolute atomic E-state index is 12.2. The lowest BCUT2D eigenvalue weighted by Crippen LogP contribution is -2.42. The molecule has 1 aromatic carbocycles. The monoisotopic (exact) mass is 310 g/mol. The van der Waals surface area contributed by atoms with Crippen LogP contribution in [0.15, 0.2) is 36.4 Å². The highest BCUT2D eigenvalue weighted by atomic mass is 32.2. The smallest absolute Gasteiger partial charge is 0.335 e. The number of carbonyl (C=O) groups excluding carboxylic acids is 1. The molecule has 0 unspecified atom stereocenters. The first-order chi connectivity index (χ1) is 9.69. The van der Waals surface area contributed by atoms with Gasteiger partial charge in [-0.15, -0.1) is 23.5 Å². The lowest BCUT2D eigenvalue weighted by Gasteiger charge is -2.28. The number of benzene rings is 1. The van der Waals surface area contributed by atoms with Crippen LogP contribution in [0.25, 0.3) is 6.08 Å². The summed E-state index contributed by atoms with van der Waals surface area (Å²) in [5.41, 5.74) is 0.999. The van der Waals surface area contributed by atoms with Crippen molar-refractivity contribution in [3.8, 4) is 0 Å². The average Bonchev–Trinajstić information content (AvgIpc) is 2.97. The molecule has 0 saturated carbocycles. The Bertz CT molecular complexity index is 467. The molecule has 0 radical (unpaired) electrons. The Morgan fingerprint density at radius 2 is 2.05 bits per heavy atom. The van der Waals surface area contributed by atoms with Crippen molar-refractivity contribution in [3.63, 3.8) is 0 Å². The third-order valence-corrected chi connectivity index (χ3v) is 6.39. The predicted molar refractivity (Wildman–Crippen MR) is 85.8 cm³/mol. The van der Waals surface area contributed by atoms with Gasteiger partial charge in [-0.25, -0.2) is 4.79 Å². The molecule has 5 heteroatoms. The first kappa shape index (κ1) is 15.5. The summed E-state index contributed by atoms with van der Waals surface area (Å²) >= 11 is 2.94. The van der Waals surface area contributed by atoms with Gasteiger partial charge in [0.1, 0.15) is 6.10 Å². The van der Waals surface area contributed by atoms with Crippen LogP contribution in [0, 0.1) is 0 Å².